The second-order valence-corrected chi connectivity index (χ2v) is 5.61. The zero-order valence-electron chi connectivity index (χ0n) is 13.5. The van der Waals surface area contributed by atoms with Crippen LogP contribution >= 0.6 is 0 Å². The summed E-state index contributed by atoms with van der Waals surface area (Å²) in [6, 6.07) is 0. The molecule has 0 saturated heterocycles. The van der Waals surface area contributed by atoms with E-state index in [1.54, 1.807) is 6.42 Å². The van der Waals surface area contributed by atoms with Crippen molar-refractivity contribution in [2.75, 3.05) is 13.1 Å². The SMILES string of the molecule is CCCCCCCCCCC[CH+]C(=O)CNCCC(=O)O. The Morgan fingerprint density at radius 3 is 2.10 bits per heavy atom. The summed E-state index contributed by atoms with van der Waals surface area (Å²) >= 11 is 0. The fourth-order valence-corrected chi connectivity index (χ4v) is 2.20. The lowest BCUT2D eigenvalue weighted by atomic mass is 10.1. The summed E-state index contributed by atoms with van der Waals surface area (Å²) in [7, 11) is 0. The van der Waals surface area contributed by atoms with Crippen LogP contribution in [-0.2, 0) is 9.59 Å². The van der Waals surface area contributed by atoms with E-state index in [2.05, 4.69) is 12.2 Å². The Bertz CT molecular complexity index is 267. The van der Waals surface area contributed by atoms with Crippen LogP contribution in [0.5, 0.6) is 0 Å². The van der Waals surface area contributed by atoms with Crippen LogP contribution < -0.4 is 5.32 Å². The van der Waals surface area contributed by atoms with E-state index in [9.17, 15) is 9.59 Å². The lowest BCUT2D eigenvalue weighted by Gasteiger charge is -2.00. The third kappa shape index (κ3) is 16.9. The average Bonchev–Trinajstić information content (AvgIpc) is 2.45. The van der Waals surface area contributed by atoms with Crippen molar-refractivity contribution in [2.45, 2.75) is 77.6 Å². The molecule has 21 heavy (non-hydrogen) atoms. The molecule has 4 nitrogen and oxygen atoms in total. The highest BCUT2D eigenvalue weighted by molar-refractivity contribution is 5.88. The van der Waals surface area contributed by atoms with Gasteiger partial charge in [0.15, 0.2) is 6.42 Å². The summed E-state index contributed by atoms with van der Waals surface area (Å²) in [5, 5.41) is 11.3. The minimum Gasteiger partial charge on any atom is -0.481 e. The first-order valence-electron chi connectivity index (χ1n) is 8.45. The van der Waals surface area contributed by atoms with E-state index in [1.165, 1.54) is 51.4 Å². The highest BCUT2D eigenvalue weighted by Crippen LogP contribution is 2.11. The van der Waals surface area contributed by atoms with Gasteiger partial charge in [-0.25, -0.2) is 4.79 Å². The molecule has 2 N–H and O–H groups in total. The first kappa shape index (κ1) is 20.0. The van der Waals surface area contributed by atoms with E-state index >= 15 is 0 Å². The van der Waals surface area contributed by atoms with Crippen molar-refractivity contribution in [1.29, 1.82) is 0 Å². The van der Waals surface area contributed by atoms with Gasteiger partial charge in [-0.05, 0) is 12.8 Å². The molecule has 0 aromatic carbocycles. The smallest absolute Gasteiger partial charge is 0.319 e. The Hall–Kier alpha value is -1.03. The van der Waals surface area contributed by atoms with Crippen molar-refractivity contribution < 1.29 is 14.7 Å². The van der Waals surface area contributed by atoms with Crippen LogP contribution in [-0.4, -0.2) is 29.9 Å². The molecule has 4 heteroatoms. The third-order valence-corrected chi connectivity index (χ3v) is 3.49. The molecule has 0 unspecified atom stereocenters. The number of rotatable bonds is 16. The molecule has 0 rings (SSSR count). The molecule has 0 saturated carbocycles. The predicted molar refractivity (Wildman–Crippen MR) is 86.3 cm³/mol. The molecule has 0 aliphatic heterocycles. The summed E-state index contributed by atoms with van der Waals surface area (Å²) in [6.07, 6.45) is 14.2. The van der Waals surface area contributed by atoms with E-state index in [1.807, 2.05) is 0 Å². The highest BCUT2D eigenvalue weighted by atomic mass is 16.4. The minimum absolute atomic E-state index is 0.0610. The maximum atomic E-state index is 11.5. The van der Waals surface area contributed by atoms with Gasteiger partial charge in [0.25, 0.3) is 0 Å². The zero-order chi connectivity index (χ0) is 15.8. The number of hydrogen-bond donors (Lipinski definition) is 2. The molecule has 0 amide bonds. The largest absolute Gasteiger partial charge is 0.481 e. The van der Waals surface area contributed by atoms with Crippen LogP contribution in [0.4, 0.5) is 0 Å². The van der Waals surface area contributed by atoms with Crippen molar-refractivity contribution in [3.63, 3.8) is 0 Å². The number of carboxylic acids is 1. The molecular formula is C17H32NO3+. The number of carbonyl (C=O) groups is 2. The predicted octanol–water partition coefficient (Wildman–Crippen LogP) is 3.74. The highest BCUT2D eigenvalue weighted by Gasteiger charge is 2.11. The van der Waals surface area contributed by atoms with E-state index in [0.717, 1.165) is 12.8 Å². The molecule has 0 heterocycles. The lowest BCUT2D eigenvalue weighted by molar-refractivity contribution is -0.137. The second-order valence-electron chi connectivity index (χ2n) is 5.61. The van der Waals surface area contributed by atoms with Gasteiger partial charge in [-0.3, -0.25) is 4.79 Å². The monoisotopic (exact) mass is 298 g/mol. The first-order valence-corrected chi connectivity index (χ1v) is 8.45. The number of unbranched alkanes of at least 4 members (excludes halogenated alkanes) is 9. The molecule has 0 radical (unpaired) electrons. The molecular weight excluding hydrogens is 266 g/mol. The first-order chi connectivity index (χ1) is 10.2. The van der Waals surface area contributed by atoms with Gasteiger partial charge in [0.2, 0.25) is 0 Å². The summed E-state index contributed by atoms with van der Waals surface area (Å²) in [5.41, 5.74) is 0. The van der Waals surface area contributed by atoms with Crippen molar-refractivity contribution in [1.82, 2.24) is 5.32 Å². The van der Waals surface area contributed by atoms with E-state index < -0.39 is 5.97 Å². The van der Waals surface area contributed by atoms with Gasteiger partial charge in [0, 0.05) is 6.54 Å². The summed E-state index contributed by atoms with van der Waals surface area (Å²) < 4.78 is 0. The lowest BCUT2D eigenvalue weighted by Crippen LogP contribution is -2.25. The Morgan fingerprint density at radius 2 is 1.52 bits per heavy atom. The van der Waals surface area contributed by atoms with Crippen LogP contribution in [0.2, 0.25) is 0 Å². The molecule has 122 valence electrons. The molecule has 0 aliphatic carbocycles. The van der Waals surface area contributed by atoms with Gasteiger partial charge < -0.3 is 10.4 Å². The number of carboxylic acid groups (broad SMARTS) is 1. The van der Waals surface area contributed by atoms with E-state index in [4.69, 9.17) is 5.11 Å². The van der Waals surface area contributed by atoms with Crippen LogP contribution in [0.1, 0.15) is 77.6 Å². The molecule has 0 fully saturated rings. The molecule has 0 aliphatic rings. The topological polar surface area (TPSA) is 66.4 Å². The van der Waals surface area contributed by atoms with Crippen LogP contribution in [0.3, 0.4) is 0 Å². The van der Waals surface area contributed by atoms with Gasteiger partial charge in [0.05, 0.1) is 12.8 Å². The number of carbonyl (C=O) groups excluding carboxylic acids is 1. The van der Waals surface area contributed by atoms with Crippen molar-refractivity contribution in [3.05, 3.63) is 6.42 Å². The van der Waals surface area contributed by atoms with Gasteiger partial charge in [-0.15, -0.1) is 0 Å². The van der Waals surface area contributed by atoms with Crippen LogP contribution in [0.25, 0.3) is 0 Å². The molecule has 0 atom stereocenters. The Morgan fingerprint density at radius 1 is 0.952 bits per heavy atom. The van der Waals surface area contributed by atoms with Crippen molar-refractivity contribution in [2.24, 2.45) is 0 Å². The minimum atomic E-state index is -0.839. The molecule has 0 aromatic rings. The standard InChI is InChI=1S/C17H31NO3/c1-2-3-4-5-6-7-8-9-10-11-12-16(19)15-18-14-13-17(20)21/h12,18H,2-11,13-15H2,1H3/p+1. The van der Waals surface area contributed by atoms with Crippen LogP contribution in [0.15, 0.2) is 0 Å². The van der Waals surface area contributed by atoms with E-state index in [-0.39, 0.29) is 18.7 Å². The summed E-state index contributed by atoms with van der Waals surface area (Å²) in [4.78, 5) is 21.7. The normalized spacial score (nSPS) is 10.5. The average molecular weight is 298 g/mol. The van der Waals surface area contributed by atoms with E-state index in [0.29, 0.717) is 6.54 Å². The summed E-state index contributed by atoms with van der Waals surface area (Å²) in [5.74, 6) is -0.770. The van der Waals surface area contributed by atoms with Gasteiger partial charge >= 0.3 is 11.8 Å². The third-order valence-electron chi connectivity index (χ3n) is 3.49. The van der Waals surface area contributed by atoms with Gasteiger partial charge in [-0.1, -0.05) is 51.9 Å². The second kappa shape index (κ2) is 15.4. The number of ketones is 1. The van der Waals surface area contributed by atoms with Gasteiger partial charge in [0.1, 0.15) is 6.54 Å². The maximum absolute atomic E-state index is 11.5. The van der Waals surface area contributed by atoms with Crippen molar-refractivity contribution >= 4 is 11.8 Å². The van der Waals surface area contributed by atoms with Crippen LogP contribution in [0, 0.1) is 6.42 Å². The Kier molecular flexibility index (Phi) is 14.6. The zero-order valence-corrected chi connectivity index (χ0v) is 13.5. The number of Topliss-reactive ketones (excluding diaryl/α,β-unsaturated/α-hetero) is 1. The summed E-state index contributed by atoms with van der Waals surface area (Å²) in [6.45, 7) is 2.84. The Labute approximate surface area is 129 Å². The maximum Gasteiger partial charge on any atom is 0.319 e. The van der Waals surface area contributed by atoms with Gasteiger partial charge in [-0.2, -0.15) is 0 Å². The number of aliphatic carboxylic acids is 1. The quantitative estimate of drug-likeness (QED) is 0.336. The Balaban J connectivity index is 3.16. The number of hydrogen-bond acceptors (Lipinski definition) is 3. The molecule has 0 bridgehead atoms. The van der Waals surface area contributed by atoms with Crippen molar-refractivity contribution in [3.8, 4) is 0 Å². The fourth-order valence-electron chi connectivity index (χ4n) is 2.20. The molecule has 0 aromatic heterocycles. The number of nitrogens with one attached hydrogen (secondary N) is 1. The fraction of sp³-hybridized carbons (Fsp3) is 0.824. The molecule has 0 spiro atoms.